The van der Waals surface area contributed by atoms with Crippen molar-refractivity contribution in [2.75, 3.05) is 0 Å². The van der Waals surface area contributed by atoms with Crippen LogP contribution in [0.3, 0.4) is 0 Å². The number of halogens is 1. The van der Waals surface area contributed by atoms with E-state index < -0.39 is 17.4 Å². The van der Waals surface area contributed by atoms with Crippen LogP contribution in [0.4, 0.5) is 4.39 Å². The van der Waals surface area contributed by atoms with Crippen molar-refractivity contribution in [1.82, 2.24) is 5.32 Å². The molecule has 0 aliphatic heterocycles. The lowest BCUT2D eigenvalue weighted by Gasteiger charge is -2.39. The number of carboxylic acid groups (broad SMARTS) is 1. The summed E-state index contributed by atoms with van der Waals surface area (Å²) in [6.45, 7) is 5.01. The molecule has 2 rings (SSSR count). The van der Waals surface area contributed by atoms with Gasteiger partial charge in [0.2, 0.25) is 0 Å². The molecule has 120 valence electrons. The highest BCUT2D eigenvalue weighted by atomic mass is 19.1. The van der Waals surface area contributed by atoms with E-state index in [-0.39, 0.29) is 11.7 Å². The van der Waals surface area contributed by atoms with Crippen LogP contribution >= 0.6 is 0 Å². The predicted molar refractivity (Wildman–Crippen MR) is 81.3 cm³/mol. The lowest BCUT2D eigenvalue weighted by Crippen LogP contribution is -2.55. The number of carbonyl (C=O) groups excluding carboxylic acids is 1. The fourth-order valence-electron chi connectivity index (χ4n) is 3.29. The zero-order chi connectivity index (χ0) is 16.5. The van der Waals surface area contributed by atoms with Crippen LogP contribution in [0.5, 0.6) is 0 Å². The molecule has 0 saturated heterocycles. The minimum atomic E-state index is -0.881. The van der Waals surface area contributed by atoms with Gasteiger partial charge >= 0.3 is 5.97 Å². The summed E-state index contributed by atoms with van der Waals surface area (Å²) in [4.78, 5) is 23.9. The second kappa shape index (κ2) is 6.07. The Labute approximate surface area is 129 Å². The quantitative estimate of drug-likeness (QED) is 0.901. The highest BCUT2D eigenvalue weighted by Gasteiger charge is 2.42. The van der Waals surface area contributed by atoms with Crippen LogP contribution in [-0.4, -0.2) is 22.5 Å². The number of nitrogens with one attached hydrogen (secondary N) is 1. The smallest absolute Gasteiger partial charge is 0.308 e. The fourth-order valence-corrected chi connectivity index (χ4v) is 3.29. The maximum Gasteiger partial charge on any atom is 0.308 e. The molecule has 5 heteroatoms. The van der Waals surface area contributed by atoms with Gasteiger partial charge in [-0.2, -0.15) is 0 Å². The molecule has 2 unspecified atom stereocenters. The molecule has 1 fully saturated rings. The van der Waals surface area contributed by atoms with Crippen LogP contribution in [0.25, 0.3) is 0 Å². The third kappa shape index (κ3) is 3.13. The second-order valence-corrected chi connectivity index (χ2v) is 6.43. The van der Waals surface area contributed by atoms with Gasteiger partial charge in [0.25, 0.3) is 5.91 Å². The molecule has 1 aromatic carbocycles. The Kier molecular flexibility index (Phi) is 4.54. The Morgan fingerprint density at radius 2 is 1.86 bits per heavy atom. The summed E-state index contributed by atoms with van der Waals surface area (Å²) in [6, 6.07) is 3.00. The molecule has 1 saturated carbocycles. The Morgan fingerprint density at radius 1 is 1.27 bits per heavy atom. The maximum absolute atomic E-state index is 13.7. The first-order valence-corrected chi connectivity index (χ1v) is 7.56. The Morgan fingerprint density at radius 3 is 2.41 bits per heavy atom. The number of carboxylic acids is 1. The minimum absolute atomic E-state index is 0.316. The van der Waals surface area contributed by atoms with Crippen molar-refractivity contribution in [2.45, 2.75) is 52.0 Å². The second-order valence-electron chi connectivity index (χ2n) is 6.43. The predicted octanol–water partition coefficient (Wildman–Crippen LogP) is 3.21. The first-order chi connectivity index (χ1) is 10.2. The van der Waals surface area contributed by atoms with Gasteiger partial charge in [0, 0.05) is 5.56 Å². The van der Waals surface area contributed by atoms with E-state index in [2.05, 4.69) is 5.32 Å². The first kappa shape index (κ1) is 16.5. The van der Waals surface area contributed by atoms with E-state index in [0.717, 1.165) is 12.8 Å². The number of hydrogen-bond donors (Lipinski definition) is 2. The van der Waals surface area contributed by atoms with Crippen LogP contribution in [0.2, 0.25) is 0 Å². The third-order valence-electron chi connectivity index (χ3n) is 4.60. The van der Waals surface area contributed by atoms with E-state index in [1.54, 1.807) is 20.8 Å². The van der Waals surface area contributed by atoms with Gasteiger partial charge in [0.15, 0.2) is 0 Å². The van der Waals surface area contributed by atoms with E-state index in [4.69, 9.17) is 0 Å². The summed E-state index contributed by atoms with van der Waals surface area (Å²) < 4.78 is 13.7. The van der Waals surface area contributed by atoms with Gasteiger partial charge in [-0.05, 0) is 56.9 Å². The Bertz CT molecular complexity index is 591. The van der Waals surface area contributed by atoms with Crippen LogP contribution in [0.15, 0.2) is 12.1 Å². The monoisotopic (exact) mass is 307 g/mol. The molecular weight excluding hydrogens is 285 g/mol. The molecule has 4 nitrogen and oxygen atoms in total. The number of aliphatic carboxylic acids is 1. The molecule has 0 heterocycles. The van der Waals surface area contributed by atoms with Gasteiger partial charge in [-0.25, -0.2) is 4.39 Å². The molecular formula is C17H22FNO3. The molecule has 0 radical (unpaired) electrons. The zero-order valence-electron chi connectivity index (χ0n) is 13.2. The largest absolute Gasteiger partial charge is 0.481 e. The molecule has 1 aliphatic carbocycles. The summed E-state index contributed by atoms with van der Waals surface area (Å²) in [5.41, 5.74) is 0.423. The summed E-state index contributed by atoms with van der Waals surface area (Å²) in [5.74, 6) is -2.13. The number of aryl methyl sites for hydroxylation is 2. The van der Waals surface area contributed by atoms with Crippen LogP contribution < -0.4 is 5.32 Å². The average Bonchev–Trinajstić information content (AvgIpc) is 2.43. The van der Waals surface area contributed by atoms with Gasteiger partial charge < -0.3 is 10.4 Å². The Hall–Kier alpha value is -1.91. The topological polar surface area (TPSA) is 66.4 Å². The van der Waals surface area contributed by atoms with Gasteiger partial charge in [-0.1, -0.05) is 12.8 Å². The third-order valence-corrected chi connectivity index (χ3v) is 4.60. The molecule has 1 amide bonds. The summed E-state index contributed by atoms with van der Waals surface area (Å²) in [6.07, 6.45) is 2.95. The van der Waals surface area contributed by atoms with Gasteiger partial charge in [-0.15, -0.1) is 0 Å². The van der Waals surface area contributed by atoms with E-state index >= 15 is 0 Å². The van der Waals surface area contributed by atoms with Crippen molar-refractivity contribution in [1.29, 1.82) is 0 Å². The zero-order valence-corrected chi connectivity index (χ0v) is 13.2. The lowest BCUT2D eigenvalue weighted by atomic mass is 9.73. The van der Waals surface area contributed by atoms with E-state index in [0.29, 0.717) is 29.5 Å². The fraction of sp³-hybridized carbons (Fsp3) is 0.529. The minimum Gasteiger partial charge on any atom is -0.481 e. The molecule has 2 atom stereocenters. The van der Waals surface area contributed by atoms with Crippen molar-refractivity contribution in [3.05, 3.63) is 34.6 Å². The highest BCUT2D eigenvalue weighted by Crippen LogP contribution is 2.34. The van der Waals surface area contributed by atoms with E-state index in [1.807, 2.05) is 0 Å². The van der Waals surface area contributed by atoms with Gasteiger partial charge in [-0.3, -0.25) is 9.59 Å². The van der Waals surface area contributed by atoms with Crippen LogP contribution in [-0.2, 0) is 4.79 Å². The van der Waals surface area contributed by atoms with Crippen molar-refractivity contribution in [2.24, 2.45) is 5.92 Å². The lowest BCUT2D eigenvalue weighted by molar-refractivity contribution is -0.145. The molecule has 0 bridgehead atoms. The van der Waals surface area contributed by atoms with Gasteiger partial charge in [0.05, 0.1) is 11.5 Å². The number of amides is 1. The van der Waals surface area contributed by atoms with Gasteiger partial charge in [0.1, 0.15) is 5.82 Å². The normalized spacial score (nSPS) is 24.8. The molecule has 0 spiro atoms. The number of rotatable bonds is 3. The average molecular weight is 307 g/mol. The van der Waals surface area contributed by atoms with Crippen molar-refractivity contribution in [3.63, 3.8) is 0 Å². The maximum atomic E-state index is 13.7. The molecule has 1 aromatic rings. The van der Waals surface area contributed by atoms with Crippen molar-refractivity contribution in [3.8, 4) is 0 Å². The molecule has 22 heavy (non-hydrogen) atoms. The SMILES string of the molecule is Cc1cc(C(=O)NC2(C)CCCCC2C(=O)O)cc(C)c1F. The summed E-state index contributed by atoms with van der Waals surface area (Å²) >= 11 is 0. The van der Waals surface area contributed by atoms with Crippen LogP contribution in [0, 0.1) is 25.6 Å². The first-order valence-electron chi connectivity index (χ1n) is 7.56. The number of carbonyl (C=O) groups is 2. The van der Waals surface area contributed by atoms with E-state index in [9.17, 15) is 19.1 Å². The van der Waals surface area contributed by atoms with E-state index in [1.165, 1.54) is 12.1 Å². The number of benzene rings is 1. The molecule has 2 N–H and O–H groups in total. The standard InChI is InChI=1S/C17H22FNO3/c1-10-8-12(9-11(2)14(10)18)15(20)19-17(3)7-5-4-6-13(17)16(21)22/h8-9,13H,4-7H2,1-3H3,(H,19,20)(H,21,22). The summed E-state index contributed by atoms with van der Waals surface area (Å²) in [7, 11) is 0. The number of hydrogen-bond acceptors (Lipinski definition) is 2. The van der Waals surface area contributed by atoms with Crippen molar-refractivity contribution < 1.29 is 19.1 Å². The molecule has 0 aromatic heterocycles. The van der Waals surface area contributed by atoms with Crippen molar-refractivity contribution >= 4 is 11.9 Å². The summed E-state index contributed by atoms with van der Waals surface area (Å²) in [5, 5.41) is 12.3. The Balaban J connectivity index is 2.25. The highest BCUT2D eigenvalue weighted by molar-refractivity contribution is 5.95. The molecule has 1 aliphatic rings. The van der Waals surface area contributed by atoms with Crippen LogP contribution in [0.1, 0.15) is 54.1 Å².